The third kappa shape index (κ3) is 2.08. The second kappa shape index (κ2) is 4.24. The summed E-state index contributed by atoms with van der Waals surface area (Å²) in [6.07, 6.45) is 3.98. The quantitative estimate of drug-likeness (QED) is 0.775. The van der Waals surface area contributed by atoms with Crippen molar-refractivity contribution in [1.82, 2.24) is 9.97 Å². The molecule has 88 valence electrons. The number of nitrogens with two attached hydrogens (primary N) is 1. The summed E-state index contributed by atoms with van der Waals surface area (Å²) in [5, 5.41) is 0. The summed E-state index contributed by atoms with van der Waals surface area (Å²) in [5.41, 5.74) is 6.98. The number of nitrogens with zero attached hydrogens (tertiary/aromatic N) is 2. The van der Waals surface area contributed by atoms with Crippen LogP contribution in [-0.4, -0.2) is 9.97 Å². The van der Waals surface area contributed by atoms with E-state index in [1.165, 1.54) is 12.8 Å². The van der Waals surface area contributed by atoms with Gasteiger partial charge in [0.1, 0.15) is 5.82 Å². The van der Waals surface area contributed by atoms with Gasteiger partial charge in [-0.05, 0) is 57.4 Å². The molecule has 0 unspecified atom stereocenters. The smallest absolute Gasteiger partial charge is 0.199 e. The molecule has 0 saturated heterocycles. The molecule has 0 amide bonds. The van der Waals surface area contributed by atoms with Gasteiger partial charge in [0.05, 0.1) is 20.0 Å². The van der Waals surface area contributed by atoms with E-state index >= 15 is 0 Å². The van der Waals surface area contributed by atoms with Crippen LogP contribution in [0.1, 0.15) is 24.5 Å². The lowest BCUT2D eigenvalue weighted by atomic mass is 10.2. The fourth-order valence-corrected chi connectivity index (χ4v) is 2.72. The van der Waals surface area contributed by atoms with Gasteiger partial charge in [0.2, 0.25) is 0 Å². The first kappa shape index (κ1) is 11.5. The highest BCUT2D eigenvalue weighted by atomic mass is 127. The van der Waals surface area contributed by atoms with Gasteiger partial charge >= 0.3 is 0 Å². The highest BCUT2D eigenvalue weighted by Crippen LogP contribution is 2.42. The van der Waals surface area contributed by atoms with Crippen molar-refractivity contribution in [1.29, 1.82) is 0 Å². The Labute approximate surface area is 120 Å². The van der Waals surface area contributed by atoms with Crippen LogP contribution in [0.25, 0.3) is 11.6 Å². The molecule has 6 heteroatoms. The maximum Gasteiger partial charge on any atom is 0.199 e. The van der Waals surface area contributed by atoms with Gasteiger partial charge in [0, 0.05) is 5.92 Å². The molecule has 2 N–H and O–H groups in total. The van der Waals surface area contributed by atoms with Crippen molar-refractivity contribution in [3.05, 3.63) is 26.1 Å². The monoisotopic (exact) mass is 405 g/mol. The van der Waals surface area contributed by atoms with E-state index in [2.05, 4.69) is 48.5 Å². The average molecular weight is 406 g/mol. The van der Waals surface area contributed by atoms with E-state index in [9.17, 15) is 0 Å². The van der Waals surface area contributed by atoms with Gasteiger partial charge in [-0.1, -0.05) is 0 Å². The molecular formula is C11H9BrIN3O. The second-order valence-corrected chi connectivity index (χ2v) is 5.94. The topological polar surface area (TPSA) is 64.9 Å². The molecule has 0 aliphatic heterocycles. The zero-order valence-electron chi connectivity index (χ0n) is 8.78. The standard InChI is InChI=1S/C11H9BrIN3O/c12-6-3-4-17-9(6)11-15-8(5-1-2-5)7(13)10(14)16-11/h3-5H,1-2H2,(H2,14,15,16). The molecule has 3 rings (SSSR count). The normalized spacial score (nSPS) is 15.2. The zero-order chi connectivity index (χ0) is 12.0. The van der Waals surface area contributed by atoms with E-state index in [4.69, 9.17) is 10.2 Å². The molecule has 0 bridgehead atoms. The first-order valence-corrected chi connectivity index (χ1v) is 7.10. The van der Waals surface area contributed by atoms with E-state index in [1.54, 1.807) is 6.26 Å². The second-order valence-electron chi connectivity index (χ2n) is 4.00. The van der Waals surface area contributed by atoms with Crippen LogP contribution in [0.4, 0.5) is 5.82 Å². The minimum atomic E-state index is 0.529. The molecule has 1 fully saturated rings. The van der Waals surface area contributed by atoms with Crippen molar-refractivity contribution in [3.63, 3.8) is 0 Å². The molecule has 1 aliphatic rings. The van der Waals surface area contributed by atoms with Crippen LogP contribution < -0.4 is 5.73 Å². The number of halogens is 2. The highest BCUT2D eigenvalue weighted by molar-refractivity contribution is 14.1. The van der Waals surface area contributed by atoms with Gasteiger partial charge in [0.15, 0.2) is 11.6 Å². The number of furan rings is 1. The minimum absolute atomic E-state index is 0.529. The first-order chi connectivity index (χ1) is 8.16. The van der Waals surface area contributed by atoms with Crippen molar-refractivity contribution in [2.45, 2.75) is 18.8 Å². The Morgan fingerprint density at radius 3 is 2.76 bits per heavy atom. The van der Waals surface area contributed by atoms with Gasteiger partial charge in [-0.2, -0.15) is 0 Å². The lowest BCUT2D eigenvalue weighted by molar-refractivity contribution is 0.575. The molecule has 2 aromatic rings. The van der Waals surface area contributed by atoms with Gasteiger partial charge < -0.3 is 10.2 Å². The summed E-state index contributed by atoms with van der Waals surface area (Å²) in [6, 6.07) is 1.82. The predicted octanol–water partition coefficient (Wildman–Crippen LogP) is 3.56. The number of hydrogen-bond acceptors (Lipinski definition) is 4. The summed E-state index contributed by atoms with van der Waals surface area (Å²) < 4.78 is 7.19. The van der Waals surface area contributed by atoms with E-state index in [-0.39, 0.29) is 0 Å². The van der Waals surface area contributed by atoms with Gasteiger partial charge in [0.25, 0.3) is 0 Å². The van der Waals surface area contributed by atoms with Gasteiger partial charge in [-0.15, -0.1) is 0 Å². The predicted molar refractivity (Wildman–Crippen MR) is 76.5 cm³/mol. The highest BCUT2D eigenvalue weighted by Gasteiger charge is 2.29. The Morgan fingerprint density at radius 1 is 1.41 bits per heavy atom. The fraction of sp³-hybridized carbons (Fsp3) is 0.273. The Kier molecular flexibility index (Phi) is 2.86. The number of aromatic nitrogens is 2. The summed E-state index contributed by atoms with van der Waals surface area (Å²) in [6.45, 7) is 0. The van der Waals surface area contributed by atoms with Crippen LogP contribution in [0, 0.1) is 3.57 Å². The molecule has 2 heterocycles. The first-order valence-electron chi connectivity index (χ1n) is 5.23. The van der Waals surface area contributed by atoms with Crippen LogP contribution in [0.5, 0.6) is 0 Å². The lowest BCUT2D eigenvalue weighted by Gasteiger charge is -2.06. The Balaban J connectivity index is 2.15. The third-order valence-corrected chi connectivity index (χ3v) is 4.42. The molecule has 1 aliphatic carbocycles. The maximum absolute atomic E-state index is 5.93. The number of nitrogen functional groups attached to an aromatic ring is 1. The lowest BCUT2D eigenvalue weighted by Crippen LogP contribution is -2.04. The van der Waals surface area contributed by atoms with Crippen molar-refractivity contribution >= 4 is 44.3 Å². The SMILES string of the molecule is Nc1nc(-c2occc2Br)nc(C2CC2)c1I. The minimum Gasteiger partial charge on any atom is -0.460 e. The zero-order valence-corrected chi connectivity index (χ0v) is 12.5. The van der Waals surface area contributed by atoms with Crippen LogP contribution in [-0.2, 0) is 0 Å². The molecule has 1 saturated carbocycles. The molecule has 2 aromatic heterocycles. The summed E-state index contributed by atoms with van der Waals surface area (Å²) >= 11 is 5.62. The molecular weight excluding hydrogens is 397 g/mol. The van der Waals surface area contributed by atoms with Crippen molar-refractivity contribution < 1.29 is 4.42 Å². The molecule has 0 radical (unpaired) electrons. The van der Waals surface area contributed by atoms with Gasteiger partial charge in [-0.25, -0.2) is 9.97 Å². The molecule has 4 nitrogen and oxygen atoms in total. The maximum atomic E-state index is 5.93. The summed E-state index contributed by atoms with van der Waals surface area (Å²) in [7, 11) is 0. The number of anilines is 1. The number of hydrogen-bond donors (Lipinski definition) is 1. The molecule has 0 aromatic carbocycles. The van der Waals surface area contributed by atoms with Crippen molar-refractivity contribution in [3.8, 4) is 11.6 Å². The largest absolute Gasteiger partial charge is 0.460 e. The fourth-order valence-electron chi connectivity index (χ4n) is 1.66. The number of rotatable bonds is 2. The van der Waals surface area contributed by atoms with Crippen LogP contribution in [0.2, 0.25) is 0 Å². The van der Waals surface area contributed by atoms with E-state index in [0.717, 1.165) is 13.7 Å². The van der Waals surface area contributed by atoms with E-state index in [1.807, 2.05) is 6.07 Å². The molecule has 0 atom stereocenters. The molecule has 0 spiro atoms. The molecule has 17 heavy (non-hydrogen) atoms. The van der Waals surface area contributed by atoms with Crippen molar-refractivity contribution in [2.24, 2.45) is 0 Å². The third-order valence-electron chi connectivity index (χ3n) is 2.69. The Morgan fingerprint density at radius 2 is 2.18 bits per heavy atom. The summed E-state index contributed by atoms with van der Waals surface area (Å²) in [4.78, 5) is 8.86. The Bertz CT molecular complexity index is 580. The van der Waals surface area contributed by atoms with Crippen molar-refractivity contribution in [2.75, 3.05) is 5.73 Å². The van der Waals surface area contributed by atoms with Crippen LogP contribution in [0.15, 0.2) is 21.2 Å². The van der Waals surface area contributed by atoms with E-state index < -0.39 is 0 Å². The summed E-state index contributed by atoms with van der Waals surface area (Å²) in [5.74, 6) is 2.26. The average Bonchev–Trinajstić information content (AvgIpc) is 3.05. The van der Waals surface area contributed by atoms with E-state index in [0.29, 0.717) is 23.3 Å². The Hall–Kier alpha value is -0.630. The van der Waals surface area contributed by atoms with Gasteiger partial charge in [-0.3, -0.25) is 0 Å². The van der Waals surface area contributed by atoms with Crippen LogP contribution >= 0.6 is 38.5 Å². The van der Waals surface area contributed by atoms with Crippen LogP contribution in [0.3, 0.4) is 0 Å².